The lowest BCUT2D eigenvalue weighted by molar-refractivity contribution is 0.379. The number of nitrogens with two attached hydrogens (primary N) is 1. The van der Waals surface area contributed by atoms with Gasteiger partial charge in [-0.05, 0) is 75.0 Å². The monoisotopic (exact) mass is 341 g/mol. The molecule has 3 N–H and O–H groups in total. The van der Waals surface area contributed by atoms with Crippen LogP contribution in [0.1, 0.15) is 45.2 Å². The van der Waals surface area contributed by atoms with Crippen LogP contribution in [-0.2, 0) is 12.8 Å². The number of anilines is 1. The molecule has 4 heteroatoms. The molecule has 0 unspecified atom stereocenters. The molecule has 1 aromatic carbocycles. The van der Waals surface area contributed by atoms with Gasteiger partial charge in [0.2, 0.25) is 0 Å². The maximum atomic E-state index is 5.85. The summed E-state index contributed by atoms with van der Waals surface area (Å²) in [5.41, 5.74) is 10.5. The van der Waals surface area contributed by atoms with Crippen molar-refractivity contribution in [2.75, 3.05) is 19.4 Å². The average molecular weight is 341 g/mol. The van der Waals surface area contributed by atoms with Gasteiger partial charge < -0.3 is 15.8 Å². The molecule has 0 aliphatic heterocycles. The van der Waals surface area contributed by atoms with E-state index in [4.69, 9.17) is 10.5 Å². The number of hydrogen-bond donors (Lipinski definition) is 2. The molecule has 2 rings (SSSR count). The van der Waals surface area contributed by atoms with Crippen LogP contribution in [0.5, 0.6) is 5.75 Å². The summed E-state index contributed by atoms with van der Waals surface area (Å²) in [5.74, 6) is 1.37. The Kier molecular flexibility index (Phi) is 6.43. The summed E-state index contributed by atoms with van der Waals surface area (Å²) < 4.78 is 5.65. The first kappa shape index (κ1) is 19.3. The third kappa shape index (κ3) is 4.95. The summed E-state index contributed by atoms with van der Waals surface area (Å²) in [4.78, 5) is 4.45. The maximum absolute atomic E-state index is 5.85. The van der Waals surface area contributed by atoms with Gasteiger partial charge in [-0.2, -0.15) is 0 Å². The van der Waals surface area contributed by atoms with Crippen LogP contribution in [0.3, 0.4) is 0 Å². The van der Waals surface area contributed by atoms with Gasteiger partial charge in [-0.3, -0.25) is 0 Å². The van der Waals surface area contributed by atoms with Gasteiger partial charge in [-0.1, -0.05) is 19.9 Å². The minimum atomic E-state index is 0.169. The Labute approximate surface area is 151 Å². The standard InChI is InChI=1S/C21H31N3O/c1-6-15-13-17(18-9-8-10-20(22)24-18)19(25-5)14-16(15)11-12-23-21(3,4)7-2/h8-10,13-14,23H,6-7,11-12H2,1-5H3,(H2,22,24). The SMILES string of the molecule is CCc1cc(-c2cccc(N)n2)c(OC)cc1CCNC(C)(C)CC. The molecule has 25 heavy (non-hydrogen) atoms. The fourth-order valence-electron chi connectivity index (χ4n) is 2.86. The van der Waals surface area contributed by atoms with Crippen LogP contribution in [0.15, 0.2) is 30.3 Å². The molecule has 4 nitrogen and oxygen atoms in total. The van der Waals surface area contributed by atoms with Gasteiger partial charge in [0.1, 0.15) is 11.6 Å². The highest BCUT2D eigenvalue weighted by atomic mass is 16.5. The second kappa shape index (κ2) is 8.34. The first-order chi connectivity index (χ1) is 11.9. The largest absolute Gasteiger partial charge is 0.496 e. The molecule has 2 aromatic rings. The predicted octanol–water partition coefficient (Wildman–Crippen LogP) is 4.22. The Morgan fingerprint density at radius 1 is 1.16 bits per heavy atom. The number of pyridine rings is 1. The molecule has 1 aromatic heterocycles. The molecular formula is C21H31N3O. The summed E-state index contributed by atoms with van der Waals surface area (Å²) in [5, 5.41) is 3.63. The van der Waals surface area contributed by atoms with Crippen LogP contribution in [0.25, 0.3) is 11.3 Å². The van der Waals surface area contributed by atoms with Gasteiger partial charge in [-0.15, -0.1) is 0 Å². The Morgan fingerprint density at radius 3 is 2.52 bits per heavy atom. The van der Waals surface area contributed by atoms with E-state index in [1.165, 1.54) is 11.1 Å². The van der Waals surface area contributed by atoms with E-state index in [0.717, 1.165) is 42.8 Å². The maximum Gasteiger partial charge on any atom is 0.128 e. The molecule has 0 amide bonds. The highest BCUT2D eigenvalue weighted by Crippen LogP contribution is 2.32. The molecule has 0 aliphatic carbocycles. The van der Waals surface area contributed by atoms with Crippen LogP contribution < -0.4 is 15.8 Å². The zero-order valence-corrected chi connectivity index (χ0v) is 16.1. The molecule has 0 spiro atoms. The van der Waals surface area contributed by atoms with E-state index in [2.05, 4.69) is 50.1 Å². The Bertz CT molecular complexity index is 710. The van der Waals surface area contributed by atoms with Gasteiger partial charge in [0.15, 0.2) is 0 Å². The number of nitrogen functional groups attached to an aromatic ring is 1. The number of methoxy groups -OCH3 is 1. The Hall–Kier alpha value is -2.07. The van der Waals surface area contributed by atoms with Crippen molar-refractivity contribution in [2.45, 2.75) is 52.5 Å². The fourth-order valence-corrected chi connectivity index (χ4v) is 2.86. The van der Waals surface area contributed by atoms with E-state index in [1.54, 1.807) is 13.2 Å². The number of nitrogens with zero attached hydrogens (tertiary/aromatic N) is 1. The smallest absolute Gasteiger partial charge is 0.128 e. The second-order valence-corrected chi connectivity index (χ2v) is 7.04. The molecule has 0 fully saturated rings. The van der Waals surface area contributed by atoms with Gasteiger partial charge in [0.05, 0.1) is 12.8 Å². The van der Waals surface area contributed by atoms with Crippen molar-refractivity contribution in [2.24, 2.45) is 0 Å². The number of aromatic nitrogens is 1. The third-order valence-corrected chi connectivity index (χ3v) is 4.83. The quantitative estimate of drug-likeness (QED) is 0.754. The number of rotatable bonds is 8. The predicted molar refractivity (Wildman–Crippen MR) is 106 cm³/mol. The van der Waals surface area contributed by atoms with E-state index in [1.807, 2.05) is 12.1 Å². The molecule has 0 atom stereocenters. The van der Waals surface area contributed by atoms with Crippen LogP contribution >= 0.6 is 0 Å². The summed E-state index contributed by atoms with van der Waals surface area (Å²) in [6, 6.07) is 10.0. The van der Waals surface area contributed by atoms with Crippen molar-refractivity contribution in [3.63, 3.8) is 0 Å². The first-order valence-electron chi connectivity index (χ1n) is 9.08. The summed E-state index contributed by atoms with van der Waals surface area (Å²) >= 11 is 0. The molecule has 136 valence electrons. The molecular weight excluding hydrogens is 310 g/mol. The average Bonchev–Trinajstić information content (AvgIpc) is 2.61. The molecule has 0 saturated heterocycles. The Balaban J connectivity index is 2.30. The molecule has 0 aliphatic rings. The van der Waals surface area contributed by atoms with E-state index in [-0.39, 0.29) is 5.54 Å². The summed E-state index contributed by atoms with van der Waals surface area (Å²) in [6.45, 7) is 9.82. The van der Waals surface area contributed by atoms with Crippen molar-refractivity contribution in [3.05, 3.63) is 41.5 Å². The number of aryl methyl sites for hydroxylation is 1. The van der Waals surface area contributed by atoms with E-state index in [9.17, 15) is 0 Å². The van der Waals surface area contributed by atoms with E-state index in [0.29, 0.717) is 5.82 Å². The van der Waals surface area contributed by atoms with Gasteiger partial charge >= 0.3 is 0 Å². The lowest BCUT2D eigenvalue weighted by atomic mass is 9.96. The van der Waals surface area contributed by atoms with Crippen LogP contribution in [-0.4, -0.2) is 24.2 Å². The summed E-state index contributed by atoms with van der Waals surface area (Å²) in [6.07, 6.45) is 3.07. The van der Waals surface area contributed by atoms with Gasteiger partial charge in [-0.25, -0.2) is 4.98 Å². The number of benzene rings is 1. The third-order valence-electron chi connectivity index (χ3n) is 4.83. The van der Waals surface area contributed by atoms with Gasteiger partial charge in [0.25, 0.3) is 0 Å². The number of nitrogens with one attached hydrogen (secondary N) is 1. The van der Waals surface area contributed by atoms with Crippen molar-refractivity contribution in [1.29, 1.82) is 0 Å². The fraction of sp³-hybridized carbons (Fsp3) is 0.476. The molecule has 0 saturated carbocycles. The van der Waals surface area contributed by atoms with Crippen molar-refractivity contribution >= 4 is 5.82 Å². The number of hydrogen-bond acceptors (Lipinski definition) is 4. The number of ether oxygens (including phenoxy) is 1. The Morgan fingerprint density at radius 2 is 1.92 bits per heavy atom. The zero-order valence-electron chi connectivity index (χ0n) is 16.1. The van der Waals surface area contributed by atoms with Crippen molar-refractivity contribution in [1.82, 2.24) is 10.3 Å². The second-order valence-electron chi connectivity index (χ2n) is 7.04. The molecule has 1 heterocycles. The minimum absolute atomic E-state index is 0.169. The lowest BCUT2D eigenvalue weighted by Crippen LogP contribution is -2.39. The zero-order chi connectivity index (χ0) is 18.4. The van der Waals surface area contributed by atoms with Crippen LogP contribution in [0.4, 0.5) is 5.82 Å². The molecule has 0 bridgehead atoms. The van der Waals surface area contributed by atoms with E-state index >= 15 is 0 Å². The van der Waals surface area contributed by atoms with Crippen molar-refractivity contribution < 1.29 is 4.74 Å². The lowest BCUT2D eigenvalue weighted by Gasteiger charge is -2.25. The molecule has 0 radical (unpaired) electrons. The van der Waals surface area contributed by atoms with Crippen LogP contribution in [0, 0.1) is 0 Å². The first-order valence-corrected chi connectivity index (χ1v) is 9.08. The van der Waals surface area contributed by atoms with Crippen molar-refractivity contribution in [3.8, 4) is 17.0 Å². The normalized spacial score (nSPS) is 11.6. The highest BCUT2D eigenvalue weighted by Gasteiger charge is 2.15. The van der Waals surface area contributed by atoms with E-state index < -0.39 is 0 Å². The summed E-state index contributed by atoms with van der Waals surface area (Å²) in [7, 11) is 1.71. The topological polar surface area (TPSA) is 60.2 Å². The minimum Gasteiger partial charge on any atom is -0.496 e. The van der Waals surface area contributed by atoms with Crippen LogP contribution in [0.2, 0.25) is 0 Å². The van der Waals surface area contributed by atoms with Gasteiger partial charge in [0, 0.05) is 11.1 Å². The highest BCUT2D eigenvalue weighted by molar-refractivity contribution is 5.70.